The molecule has 3 aliphatic rings. The van der Waals surface area contributed by atoms with Gasteiger partial charge in [0, 0.05) is 28.1 Å². The van der Waals surface area contributed by atoms with Gasteiger partial charge in [0.2, 0.25) is 0 Å². The van der Waals surface area contributed by atoms with E-state index in [2.05, 4.69) is 39.0 Å². The van der Waals surface area contributed by atoms with Crippen molar-refractivity contribution in [2.45, 2.75) is 59.6 Å². The monoisotopic (exact) mass is 466 g/mol. The molecule has 3 atom stereocenters. The summed E-state index contributed by atoms with van der Waals surface area (Å²) < 4.78 is 6.24. The lowest BCUT2D eigenvalue weighted by atomic mass is 9.75. The highest BCUT2D eigenvalue weighted by molar-refractivity contribution is 6.27. The number of hydrogen-bond acceptors (Lipinski definition) is 4. The third-order valence-corrected chi connectivity index (χ3v) is 7.66. The van der Waals surface area contributed by atoms with E-state index in [1.165, 1.54) is 0 Å². The van der Waals surface area contributed by atoms with Crippen molar-refractivity contribution in [2.24, 2.45) is 27.7 Å². The molecule has 0 spiro atoms. The number of fused-ring (bicyclic) bond motifs is 1. The molecule has 0 N–H and O–H groups in total. The predicted molar refractivity (Wildman–Crippen MR) is 143 cm³/mol. The Morgan fingerprint density at radius 3 is 2.20 bits per heavy atom. The highest BCUT2D eigenvalue weighted by Crippen LogP contribution is 2.39. The average molecular weight is 467 g/mol. The zero-order valence-corrected chi connectivity index (χ0v) is 21.3. The van der Waals surface area contributed by atoms with Crippen LogP contribution in [0.4, 0.5) is 0 Å². The van der Waals surface area contributed by atoms with Crippen LogP contribution >= 0.6 is 0 Å². The maximum Gasteiger partial charge on any atom is 0.340 e. The van der Waals surface area contributed by atoms with Gasteiger partial charge in [-0.25, -0.2) is 4.79 Å². The zero-order valence-electron chi connectivity index (χ0n) is 21.3. The van der Waals surface area contributed by atoms with Crippen LogP contribution < -0.4 is 0 Å². The number of benzene rings is 2. The molecule has 1 saturated carbocycles. The van der Waals surface area contributed by atoms with Crippen LogP contribution in [0, 0.1) is 17.8 Å². The smallest absolute Gasteiger partial charge is 0.340 e. The molecule has 0 saturated heterocycles. The molecule has 4 nitrogen and oxygen atoms in total. The quantitative estimate of drug-likeness (QED) is 0.467. The first kappa shape index (κ1) is 23.5. The number of nitrogens with zero attached hydrogens (tertiary/aromatic N) is 2. The lowest BCUT2D eigenvalue weighted by Gasteiger charge is -2.37. The Morgan fingerprint density at radius 2 is 1.51 bits per heavy atom. The summed E-state index contributed by atoms with van der Waals surface area (Å²) in [4.78, 5) is 23.5. The molecule has 4 heteroatoms. The summed E-state index contributed by atoms with van der Waals surface area (Å²) in [5.74, 6) is 1.11. The van der Waals surface area contributed by atoms with Gasteiger partial charge >= 0.3 is 5.97 Å². The van der Waals surface area contributed by atoms with Gasteiger partial charge in [-0.15, -0.1) is 0 Å². The Kier molecular flexibility index (Phi) is 6.31. The summed E-state index contributed by atoms with van der Waals surface area (Å²) >= 11 is 0. The molecule has 180 valence electrons. The second kappa shape index (κ2) is 9.41. The van der Waals surface area contributed by atoms with Crippen LogP contribution in [0.15, 0.2) is 76.2 Å². The first-order chi connectivity index (χ1) is 16.8. The van der Waals surface area contributed by atoms with Crippen LogP contribution in [0.3, 0.4) is 0 Å². The van der Waals surface area contributed by atoms with E-state index in [1.807, 2.05) is 56.3 Å². The molecule has 0 aromatic heterocycles. The van der Waals surface area contributed by atoms with Gasteiger partial charge in [-0.3, -0.25) is 9.98 Å². The molecule has 2 aromatic carbocycles. The Hall–Kier alpha value is -3.27. The van der Waals surface area contributed by atoms with E-state index in [0.717, 1.165) is 52.2 Å². The van der Waals surface area contributed by atoms with Gasteiger partial charge in [-0.05, 0) is 56.1 Å². The lowest BCUT2D eigenvalue weighted by Crippen LogP contribution is -2.38. The van der Waals surface area contributed by atoms with Crippen LogP contribution in [-0.4, -0.2) is 29.5 Å². The van der Waals surface area contributed by atoms with Crippen LogP contribution in [0.2, 0.25) is 0 Å². The molecule has 2 heterocycles. The van der Waals surface area contributed by atoms with E-state index in [1.54, 1.807) is 0 Å². The largest absolute Gasteiger partial charge is 0.458 e. The molecule has 1 fully saturated rings. The molecule has 35 heavy (non-hydrogen) atoms. The number of carbonyl (C=O) groups excluding carboxylic acids is 1. The van der Waals surface area contributed by atoms with Crippen molar-refractivity contribution in [2.75, 3.05) is 0 Å². The first-order valence-corrected chi connectivity index (χ1v) is 12.8. The van der Waals surface area contributed by atoms with Crippen molar-refractivity contribution >= 4 is 28.7 Å². The molecular formula is C31H34N2O2. The summed E-state index contributed by atoms with van der Waals surface area (Å²) in [6.07, 6.45) is 4.20. The van der Waals surface area contributed by atoms with Gasteiger partial charge in [-0.1, -0.05) is 75.4 Å². The molecule has 1 aliphatic carbocycles. The Bertz CT molecular complexity index is 1260. The molecular weight excluding hydrogens is 432 g/mol. The van der Waals surface area contributed by atoms with Crippen molar-refractivity contribution < 1.29 is 9.53 Å². The van der Waals surface area contributed by atoms with Gasteiger partial charge < -0.3 is 4.74 Å². The minimum atomic E-state index is -0.293. The maximum absolute atomic E-state index is 13.7. The number of rotatable bonds is 4. The molecule has 0 amide bonds. The van der Waals surface area contributed by atoms with Crippen molar-refractivity contribution in [3.63, 3.8) is 0 Å². The summed E-state index contributed by atoms with van der Waals surface area (Å²) in [6.45, 7) is 10.7. The SMILES string of the molecule is CC1=NC(/C=C2\N=C(C)c3ccccc32)C(c2ccccc2)=C1C(=O)OC1C(C)CC(C)CC1C. The summed E-state index contributed by atoms with van der Waals surface area (Å²) in [5, 5.41) is 0. The van der Waals surface area contributed by atoms with Gasteiger partial charge in [0.1, 0.15) is 6.10 Å². The van der Waals surface area contributed by atoms with Crippen molar-refractivity contribution in [3.8, 4) is 0 Å². The minimum absolute atomic E-state index is 0.0672. The summed E-state index contributed by atoms with van der Waals surface area (Å²) in [5.41, 5.74) is 7.40. The molecule has 0 bridgehead atoms. The van der Waals surface area contributed by atoms with E-state index in [9.17, 15) is 4.79 Å². The van der Waals surface area contributed by atoms with E-state index >= 15 is 0 Å². The Labute approximate surface area is 208 Å². The van der Waals surface area contributed by atoms with Crippen LogP contribution in [0.1, 0.15) is 64.2 Å². The highest BCUT2D eigenvalue weighted by Gasteiger charge is 2.38. The van der Waals surface area contributed by atoms with E-state index in [-0.39, 0.29) is 18.1 Å². The topological polar surface area (TPSA) is 51.0 Å². The lowest BCUT2D eigenvalue weighted by molar-refractivity contribution is -0.152. The fourth-order valence-electron chi connectivity index (χ4n) is 6.20. The molecule has 5 rings (SSSR count). The zero-order chi connectivity index (χ0) is 24.7. The van der Waals surface area contributed by atoms with Crippen LogP contribution in [0.5, 0.6) is 0 Å². The summed E-state index contributed by atoms with van der Waals surface area (Å²) in [7, 11) is 0. The van der Waals surface area contributed by atoms with Crippen molar-refractivity contribution in [1.82, 2.24) is 0 Å². The Morgan fingerprint density at radius 1 is 0.886 bits per heavy atom. The summed E-state index contributed by atoms with van der Waals surface area (Å²) in [6, 6.07) is 18.1. The minimum Gasteiger partial charge on any atom is -0.458 e. The number of hydrogen-bond donors (Lipinski definition) is 0. The highest BCUT2D eigenvalue weighted by atomic mass is 16.5. The van der Waals surface area contributed by atoms with Gasteiger partial charge in [0.25, 0.3) is 0 Å². The van der Waals surface area contributed by atoms with Crippen molar-refractivity contribution in [3.05, 3.63) is 82.9 Å². The molecule has 2 aliphatic heterocycles. The van der Waals surface area contributed by atoms with Gasteiger partial charge in [0.15, 0.2) is 0 Å². The predicted octanol–water partition coefficient (Wildman–Crippen LogP) is 6.76. The Balaban J connectivity index is 1.54. The average Bonchev–Trinajstić information content (AvgIpc) is 3.33. The second-order valence-electron chi connectivity index (χ2n) is 10.5. The number of esters is 1. The molecule has 0 radical (unpaired) electrons. The number of ether oxygens (including phenoxy) is 1. The normalized spacial score (nSPS) is 29.2. The third-order valence-electron chi connectivity index (χ3n) is 7.66. The van der Waals surface area contributed by atoms with Crippen LogP contribution in [0.25, 0.3) is 11.3 Å². The second-order valence-corrected chi connectivity index (χ2v) is 10.5. The standard InChI is InChI=1S/C31H34N2O2/c1-18-15-19(2)30(20(3)16-18)35-31(34)28-22(5)33-27(29(28)23-11-7-6-8-12-23)17-26-25-14-10-9-13-24(25)21(4)32-26/h6-14,17-20,27,30H,15-16H2,1-5H3/b26-17-. The fraction of sp³-hybridized carbons (Fsp3) is 0.387. The molecule has 2 aromatic rings. The number of carbonyl (C=O) groups is 1. The fourth-order valence-corrected chi connectivity index (χ4v) is 6.20. The van der Waals surface area contributed by atoms with E-state index < -0.39 is 0 Å². The van der Waals surface area contributed by atoms with Crippen molar-refractivity contribution in [1.29, 1.82) is 0 Å². The van der Waals surface area contributed by atoms with E-state index in [4.69, 9.17) is 14.7 Å². The first-order valence-electron chi connectivity index (χ1n) is 12.8. The maximum atomic E-state index is 13.7. The van der Waals surface area contributed by atoms with Gasteiger partial charge in [-0.2, -0.15) is 0 Å². The van der Waals surface area contributed by atoms with Crippen LogP contribution in [-0.2, 0) is 9.53 Å². The van der Waals surface area contributed by atoms with Gasteiger partial charge in [0.05, 0.1) is 17.3 Å². The van der Waals surface area contributed by atoms with E-state index in [0.29, 0.717) is 23.3 Å². The third kappa shape index (κ3) is 4.42. The number of aliphatic imine (C=N–C) groups is 2. The molecule has 3 unspecified atom stereocenters.